The predicted octanol–water partition coefficient (Wildman–Crippen LogP) is 2.97. The molecule has 1 rings (SSSR count). The zero-order chi connectivity index (χ0) is 12.3. The molecule has 2 N–H and O–H groups in total. The highest BCUT2D eigenvalue weighted by molar-refractivity contribution is 6.16. The number of hydrogen-bond donors (Lipinski definition) is 1. The molecule has 0 aromatic carbocycles. The van der Waals surface area contributed by atoms with E-state index in [1.54, 1.807) is 0 Å². The van der Waals surface area contributed by atoms with Crippen molar-refractivity contribution in [2.75, 3.05) is 0 Å². The Labute approximate surface area is 97.3 Å². The summed E-state index contributed by atoms with van der Waals surface area (Å²) in [6, 6.07) is 0. The van der Waals surface area contributed by atoms with Gasteiger partial charge < -0.3 is 4.94 Å². The summed E-state index contributed by atoms with van der Waals surface area (Å²) >= 11 is 0. The van der Waals surface area contributed by atoms with Crippen LogP contribution in [0.3, 0.4) is 0 Å². The van der Waals surface area contributed by atoms with Gasteiger partial charge in [-0.25, -0.2) is 0 Å². The third kappa shape index (κ3) is 2.42. The van der Waals surface area contributed by atoms with Crippen molar-refractivity contribution in [2.24, 2.45) is 22.9 Å². The van der Waals surface area contributed by atoms with Crippen LogP contribution in [0.25, 0.3) is 0 Å². The van der Waals surface area contributed by atoms with Crippen molar-refractivity contribution in [1.82, 2.24) is 0 Å². The Bertz CT molecular complexity index is 373. The minimum atomic E-state index is 0.371. The molecule has 0 aliphatic heterocycles. The van der Waals surface area contributed by atoms with Gasteiger partial charge in [0.2, 0.25) is 0 Å². The second-order valence-electron chi connectivity index (χ2n) is 4.58. The van der Waals surface area contributed by atoms with E-state index in [9.17, 15) is 0 Å². The summed E-state index contributed by atoms with van der Waals surface area (Å²) in [6.45, 7) is 12.6. The fourth-order valence-corrected chi connectivity index (χ4v) is 1.84. The Kier molecular flexibility index (Phi) is 4.07. The van der Waals surface area contributed by atoms with Crippen molar-refractivity contribution >= 4 is 5.71 Å². The summed E-state index contributed by atoms with van der Waals surface area (Å²) in [5.74, 6) is 5.82. The molecule has 0 saturated carbocycles. The summed E-state index contributed by atoms with van der Waals surface area (Å²) in [5.41, 5.74) is 3.97. The summed E-state index contributed by atoms with van der Waals surface area (Å²) in [4.78, 5) is 4.42. The first-order valence-corrected chi connectivity index (χ1v) is 5.54. The molecule has 0 spiro atoms. The van der Waals surface area contributed by atoms with Crippen LogP contribution in [-0.2, 0) is 4.94 Å². The quantitative estimate of drug-likeness (QED) is 0.743. The van der Waals surface area contributed by atoms with Crippen LogP contribution in [0.2, 0.25) is 0 Å². The highest BCUT2D eigenvalue weighted by atomic mass is 16.7. The summed E-state index contributed by atoms with van der Waals surface area (Å²) in [5, 5.41) is 3.89. The highest BCUT2D eigenvalue weighted by Crippen LogP contribution is 2.29. The van der Waals surface area contributed by atoms with Crippen LogP contribution < -0.4 is 5.90 Å². The molecule has 0 amide bonds. The molecule has 1 aliphatic rings. The van der Waals surface area contributed by atoms with Gasteiger partial charge in [0, 0.05) is 5.57 Å². The van der Waals surface area contributed by atoms with Crippen LogP contribution in [0.4, 0.5) is 0 Å². The van der Waals surface area contributed by atoms with Crippen LogP contribution in [0, 0.1) is 11.8 Å². The van der Waals surface area contributed by atoms with Gasteiger partial charge in [0.25, 0.3) is 0 Å². The lowest BCUT2D eigenvalue weighted by Crippen LogP contribution is -2.18. The van der Waals surface area contributed by atoms with E-state index < -0.39 is 0 Å². The van der Waals surface area contributed by atoms with Crippen molar-refractivity contribution in [2.45, 2.75) is 27.7 Å². The summed E-state index contributed by atoms with van der Waals surface area (Å²) < 4.78 is 0. The zero-order valence-corrected chi connectivity index (χ0v) is 10.4. The van der Waals surface area contributed by atoms with Gasteiger partial charge in [0.05, 0.1) is 0 Å². The Hall–Kier alpha value is -1.35. The molecule has 0 atom stereocenters. The maximum atomic E-state index is 5.03. The smallest absolute Gasteiger partial charge is 0.115 e. The fourth-order valence-electron chi connectivity index (χ4n) is 1.84. The van der Waals surface area contributed by atoms with Crippen LogP contribution in [0.15, 0.2) is 40.6 Å². The summed E-state index contributed by atoms with van der Waals surface area (Å²) in [7, 11) is 0. The molecule has 0 aromatic heterocycles. The summed E-state index contributed by atoms with van der Waals surface area (Å²) in [6.07, 6.45) is 4.18. The molecule has 1 aliphatic carbocycles. The molecule has 0 bridgehead atoms. The molecule has 3 heteroatoms. The first kappa shape index (κ1) is 12.7. The molecule has 0 radical (unpaired) electrons. The lowest BCUT2D eigenvalue weighted by Gasteiger charge is -2.23. The molecule has 88 valence electrons. The van der Waals surface area contributed by atoms with Gasteiger partial charge >= 0.3 is 0 Å². The van der Waals surface area contributed by atoms with Gasteiger partial charge in [-0.1, -0.05) is 51.6 Å². The topological polar surface area (TPSA) is 47.6 Å². The van der Waals surface area contributed by atoms with Crippen LogP contribution in [-0.4, -0.2) is 5.71 Å². The van der Waals surface area contributed by atoms with Crippen molar-refractivity contribution in [1.29, 1.82) is 0 Å². The Morgan fingerprint density at radius 2 is 1.62 bits per heavy atom. The van der Waals surface area contributed by atoms with Gasteiger partial charge in [-0.05, 0) is 23.0 Å². The standard InChI is InChI=1S/C13H20N2O/c1-8(2)11-6-7-12(9(3)4)13(10(11)5)15-16-14/h6-9H,5,14H2,1-4H3/b15-13+. The lowest BCUT2D eigenvalue weighted by atomic mass is 9.82. The van der Waals surface area contributed by atoms with Crippen molar-refractivity contribution in [3.8, 4) is 0 Å². The Morgan fingerprint density at radius 1 is 1.12 bits per heavy atom. The maximum Gasteiger partial charge on any atom is 0.115 e. The number of rotatable bonds is 3. The van der Waals surface area contributed by atoms with Crippen molar-refractivity contribution < 1.29 is 4.94 Å². The molecular formula is C13H20N2O. The van der Waals surface area contributed by atoms with Crippen molar-refractivity contribution in [3.05, 3.63) is 35.5 Å². The average molecular weight is 220 g/mol. The van der Waals surface area contributed by atoms with Gasteiger partial charge in [-0.3, -0.25) is 0 Å². The van der Waals surface area contributed by atoms with E-state index in [0.29, 0.717) is 11.8 Å². The van der Waals surface area contributed by atoms with E-state index in [4.69, 9.17) is 5.90 Å². The molecule has 0 fully saturated rings. The van der Waals surface area contributed by atoms with Crippen molar-refractivity contribution in [3.63, 3.8) is 0 Å². The van der Waals surface area contributed by atoms with Crippen LogP contribution >= 0.6 is 0 Å². The van der Waals surface area contributed by atoms with E-state index in [-0.39, 0.29) is 0 Å². The molecule has 0 heterocycles. The fraction of sp³-hybridized carbons (Fsp3) is 0.462. The largest absolute Gasteiger partial charge is 0.302 e. The molecule has 0 aromatic rings. The molecular weight excluding hydrogens is 200 g/mol. The third-order valence-corrected chi connectivity index (χ3v) is 2.74. The zero-order valence-electron chi connectivity index (χ0n) is 10.4. The van der Waals surface area contributed by atoms with E-state index in [1.807, 2.05) is 0 Å². The normalized spacial score (nSPS) is 19.2. The number of nitrogens with two attached hydrogens (primary N) is 1. The number of allylic oxidation sites excluding steroid dienone is 5. The Morgan fingerprint density at radius 3 is 2.06 bits per heavy atom. The second kappa shape index (κ2) is 5.12. The van der Waals surface area contributed by atoms with Gasteiger partial charge in [-0.2, -0.15) is 0 Å². The van der Waals surface area contributed by atoms with E-state index in [2.05, 4.69) is 56.5 Å². The van der Waals surface area contributed by atoms with Gasteiger partial charge in [0.1, 0.15) is 5.71 Å². The highest BCUT2D eigenvalue weighted by Gasteiger charge is 2.22. The van der Waals surface area contributed by atoms with Crippen LogP contribution in [0.1, 0.15) is 27.7 Å². The SMILES string of the molecule is C=C1C(C(C)C)=CC=C(C(C)C)/C1=N/ON. The first-order valence-electron chi connectivity index (χ1n) is 5.54. The van der Waals surface area contributed by atoms with Gasteiger partial charge in [0.15, 0.2) is 0 Å². The molecule has 0 saturated heterocycles. The second-order valence-corrected chi connectivity index (χ2v) is 4.58. The predicted molar refractivity (Wildman–Crippen MR) is 67.7 cm³/mol. The lowest BCUT2D eigenvalue weighted by molar-refractivity contribution is 0.149. The maximum absolute atomic E-state index is 5.03. The first-order chi connectivity index (χ1) is 7.49. The minimum absolute atomic E-state index is 0.371. The monoisotopic (exact) mass is 220 g/mol. The average Bonchev–Trinajstić information content (AvgIpc) is 2.20. The van der Waals surface area contributed by atoms with Gasteiger partial charge in [-0.15, -0.1) is 5.90 Å². The van der Waals surface area contributed by atoms with Crippen LogP contribution in [0.5, 0.6) is 0 Å². The van der Waals surface area contributed by atoms with E-state index in [0.717, 1.165) is 16.9 Å². The Balaban J connectivity index is 3.19. The van der Waals surface area contributed by atoms with E-state index in [1.165, 1.54) is 5.57 Å². The molecule has 3 nitrogen and oxygen atoms in total. The third-order valence-electron chi connectivity index (χ3n) is 2.74. The molecule has 0 unspecified atom stereocenters. The van der Waals surface area contributed by atoms with E-state index >= 15 is 0 Å². The number of hydrogen-bond acceptors (Lipinski definition) is 3. The minimum Gasteiger partial charge on any atom is -0.302 e. The number of nitrogens with zero attached hydrogens (tertiary/aromatic N) is 1. The number of oxime groups is 1. The molecule has 16 heavy (non-hydrogen) atoms.